The Hall–Kier alpha value is -2.09. The molecule has 0 saturated heterocycles. The lowest BCUT2D eigenvalue weighted by Gasteiger charge is -2.18. The minimum absolute atomic E-state index is 0.251. The second-order valence-electron chi connectivity index (χ2n) is 4.56. The number of carbonyl (C=O) groups excluding carboxylic acids is 1. The summed E-state index contributed by atoms with van der Waals surface area (Å²) in [5, 5.41) is 10.9. The number of carboxylic acid groups (broad SMARTS) is 1. The molecule has 0 radical (unpaired) electrons. The van der Waals surface area contributed by atoms with Crippen molar-refractivity contribution in [1.29, 1.82) is 0 Å². The zero-order valence-corrected chi connectivity index (χ0v) is 11.1. The Balaban J connectivity index is 2.78. The molecule has 1 aromatic carbocycles. The quantitative estimate of drug-likeness (QED) is 0.771. The molecule has 2 unspecified atom stereocenters. The first-order valence-corrected chi connectivity index (χ1v) is 6.06. The normalized spacial score (nSPS) is 14.3. The van der Waals surface area contributed by atoms with Crippen LogP contribution in [0.15, 0.2) is 24.3 Å². The molecule has 8 heteroatoms. The number of alkyl halides is 3. The monoisotopic (exact) mass is 304 g/mol. The van der Waals surface area contributed by atoms with Gasteiger partial charge in [-0.05, 0) is 24.6 Å². The fourth-order valence-electron chi connectivity index (χ4n) is 1.67. The van der Waals surface area contributed by atoms with Gasteiger partial charge in [0, 0.05) is 0 Å². The molecule has 4 N–H and O–H groups in total. The van der Waals surface area contributed by atoms with Crippen molar-refractivity contribution >= 4 is 11.9 Å². The molecule has 5 nitrogen and oxygen atoms in total. The van der Waals surface area contributed by atoms with Gasteiger partial charge in [-0.2, -0.15) is 13.2 Å². The summed E-state index contributed by atoms with van der Waals surface area (Å²) in [5.41, 5.74) is 4.80. The zero-order chi connectivity index (χ0) is 16.2. The number of carbonyl (C=O) groups is 2. The van der Waals surface area contributed by atoms with E-state index in [1.165, 1.54) is 19.1 Å². The Kier molecular flexibility index (Phi) is 5.31. The molecule has 0 aromatic heterocycles. The highest BCUT2D eigenvalue weighted by Crippen LogP contribution is 2.30. The number of halogens is 3. The van der Waals surface area contributed by atoms with E-state index in [1.807, 2.05) is 0 Å². The molecule has 1 amide bonds. The molecule has 0 fully saturated rings. The fourth-order valence-corrected chi connectivity index (χ4v) is 1.67. The second kappa shape index (κ2) is 6.57. The summed E-state index contributed by atoms with van der Waals surface area (Å²) in [6.07, 6.45) is -5.03. The number of hydrogen-bond donors (Lipinski definition) is 3. The number of aliphatic carboxylic acids is 1. The van der Waals surface area contributed by atoms with Crippen molar-refractivity contribution < 1.29 is 27.9 Å². The first-order chi connectivity index (χ1) is 9.61. The van der Waals surface area contributed by atoms with Gasteiger partial charge < -0.3 is 16.2 Å². The topological polar surface area (TPSA) is 92.4 Å². The molecule has 1 rings (SSSR count). The number of benzene rings is 1. The maximum absolute atomic E-state index is 12.6. The molecule has 0 saturated carbocycles. The maximum Gasteiger partial charge on any atom is 0.416 e. The van der Waals surface area contributed by atoms with Gasteiger partial charge in [-0.25, -0.2) is 0 Å². The molecule has 1 aromatic rings. The van der Waals surface area contributed by atoms with Crippen LogP contribution < -0.4 is 11.1 Å². The van der Waals surface area contributed by atoms with E-state index in [9.17, 15) is 22.8 Å². The van der Waals surface area contributed by atoms with Crippen LogP contribution in [-0.4, -0.2) is 23.0 Å². The molecule has 0 spiro atoms. The average Bonchev–Trinajstić information content (AvgIpc) is 2.37. The maximum atomic E-state index is 12.6. The van der Waals surface area contributed by atoms with Gasteiger partial charge in [0.15, 0.2) is 0 Å². The van der Waals surface area contributed by atoms with E-state index in [-0.39, 0.29) is 5.56 Å². The van der Waals surface area contributed by atoms with Crippen LogP contribution in [0, 0.1) is 0 Å². The fraction of sp³-hybridized carbons (Fsp3) is 0.385. The van der Waals surface area contributed by atoms with Crippen molar-refractivity contribution in [3.05, 3.63) is 35.4 Å². The largest absolute Gasteiger partial charge is 0.481 e. The summed E-state index contributed by atoms with van der Waals surface area (Å²) in [7, 11) is 0. The van der Waals surface area contributed by atoms with Crippen molar-refractivity contribution in [2.24, 2.45) is 5.73 Å². The number of amides is 1. The summed E-state index contributed by atoms with van der Waals surface area (Å²) in [6.45, 7) is 1.49. The summed E-state index contributed by atoms with van der Waals surface area (Å²) < 4.78 is 37.8. The Morgan fingerprint density at radius 3 is 2.52 bits per heavy atom. The Morgan fingerprint density at radius 2 is 2.00 bits per heavy atom. The van der Waals surface area contributed by atoms with E-state index in [0.29, 0.717) is 0 Å². The summed E-state index contributed by atoms with van der Waals surface area (Å²) >= 11 is 0. The van der Waals surface area contributed by atoms with E-state index in [0.717, 1.165) is 12.1 Å². The molecule has 2 atom stereocenters. The zero-order valence-electron chi connectivity index (χ0n) is 11.1. The third-order valence-corrected chi connectivity index (χ3v) is 2.80. The van der Waals surface area contributed by atoms with Gasteiger partial charge in [-0.15, -0.1) is 0 Å². The van der Waals surface area contributed by atoms with Gasteiger partial charge in [0.25, 0.3) is 0 Å². The number of rotatable bonds is 5. The van der Waals surface area contributed by atoms with Gasteiger partial charge in [-0.1, -0.05) is 12.1 Å². The third kappa shape index (κ3) is 5.07. The molecule has 0 aliphatic rings. The first kappa shape index (κ1) is 17.0. The van der Waals surface area contributed by atoms with Crippen LogP contribution >= 0.6 is 0 Å². The molecule has 0 heterocycles. The average molecular weight is 304 g/mol. The standard InChI is InChI=1S/C13H15F3N2O3/c1-7(18-12(21)10(17)6-11(19)20)8-3-2-4-9(5-8)13(14,15)16/h2-5,7,10H,6,17H2,1H3,(H,18,21)(H,19,20). The van der Waals surface area contributed by atoms with Crippen LogP contribution in [0.2, 0.25) is 0 Å². The van der Waals surface area contributed by atoms with Crippen LogP contribution in [0.3, 0.4) is 0 Å². The minimum Gasteiger partial charge on any atom is -0.481 e. The third-order valence-electron chi connectivity index (χ3n) is 2.80. The summed E-state index contributed by atoms with van der Waals surface area (Å²) in [6, 6.07) is 2.54. The molecule has 116 valence electrons. The number of nitrogens with two attached hydrogens (primary N) is 1. The number of hydrogen-bond acceptors (Lipinski definition) is 3. The molecular formula is C13H15F3N2O3. The minimum atomic E-state index is -4.47. The van der Waals surface area contributed by atoms with Gasteiger partial charge in [0.05, 0.1) is 24.1 Å². The molecule has 0 aliphatic carbocycles. The lowest BCUT2D eigenvalue weighted by Crippen LogP contribution is -2.42. The van der Waals surface area contributed by atoms with Crippen LogP contribution in [0.1, 0.15) is 30.5 Å². The van der Waals surface area contributed by atoms with E-state index >= 15 is 0 Å². The molecule has 0 bridgehead atoms. The predicted octanol–water partition coefficient (Wildman–Crippen LogP) is 1.68. The Bertz CT molecular complexity index is 532. The SMILES string of the molecule is CC(NC(=O)C(N)CC(=O)O)c1cccc(C(F)(F)F)c1. The van der Waals surface area contributed by atoms with Gasteiger partial charge in [-0.3, -0.25) is 9.59 Å². The highest BCUT2D eigenvalue weighted by atomic mass is 19.4. The summed E-state index contributed by atoms with van der Waals surface area (Å²) in [5.74, 6) is -1.97. The molecule has 21 heavy (non-hydrogen) atoms. The van der Waals surface area contributed by atoms with E-state index < -0.39 is 42.1 Å². The molecule has 0 aliphatic heterocycles. The van der Waals surface area contributed by atoms with Crippen molar-refractivity contribution in [2.45, 2.75) is 31.6 Å². The number of carboxylic acids is 1. The van der Waals surface area contributed by atoms with Crippen molar-refractivity contribution in [3.63, 3.8) is 0 Å². The van der Waals surface area contributed by atoms with Crippen LogP contribution in [0.4, 0.5) is 13.2 Å². The second-order valence-corrected chi connectivity index (χ2v) is 4.56. The van der Waals surface area contributed by atoms with Crippen molar-refractivity contribution in [2.75, 3.05) is 0 Å². The smallest absolute Gasteiger partial charge is 0.416 e. The van der Waals surface area contributed by atoms with Gasteiger partial charge in [0.1, 0.15) is 0 Å². The van der Waals surface area contributed by atoms with Crippen molar-refractivity contribution in [3.8, 4) is 0 Å². The van der Waals surface area contributed by atoms with E-state index in [2.05, 4.69) is 5.32 Å². The van der Waals surface area contributed by atoms with Crippen LogP contribution in [-0.2, 0) is 15.8 Å². The van der Waals surface area contributed by atoms with E-state index in [4.69, 9.17) is 10.8 Å². The lowest BCUT2D eigenvalue weighted by atomic mass is 10.0. The van der Waals surface area contributed by atoms with E-state index in [1.54, 1.807) is 0 Å². The van der Waals surface area contributed by atoms with Crippen molar-refractivity contribution in [1.82, 2.24) is 5.32 Å². The van der Waals surface area contributed by atoms with Crippen LogP contribution in [0.5, 0.6) is 0 Å². The number of nitrogens with one attached hydrogen (secondary N) is 1. The van der Waals surface area contributed by atoms with Crippen LogP contribution in [0.25, 0.3) is 0 Å². The van der Waals surface area contributed by atoms with Gasteiger partial charge >= 0.3 is 12.1 Å². The van der Waals surface area contributed by atoms with Gasteiger partial charge in [0.2, 0.25) is 5.91 Å². The Morgan fingerprint density at radius 1 is 1.38 bits per heavy atom. The highest BCUT2D eigenvalue weighted by Gasteiger charge is 2.31. The predicted molar refractivity (Wildman–Crippen MR) is 68.2 cm³/mol. The lowest BCUT2D eigenvalue weighted by molar-refractivity contribution is -0.139. The first-order valence-electron chi connectivity index (χ1n) is 6.06. The Labute approximate surface area is 118 Å². The summed E-state index contributed by atoms with van der Waals surface area (Å²) in [4.78, 5) is 22.1. The highest BCUT2D eigenvalue weighted by molar-refractivity contribution is 5.86. The molecular weight excluding hydrogens is 289 g/mol.